The van der Waals surface area contributed by atoms with Crippen LogP contribution in [0.15, 0.2) is 64.3 Å². The van der Waals surface area contributed by atoms with Crippen LogP contribution >= 0.6 is 0 Å². The number of carboxylic acid groups (broad SMARTS) is 1. The van der Waals surface area contributed by atoms with Crippen molar-refractivity contribution in [2.45, 2.75) is 43.9 Å². The van der Waals surface area contributed by atoms with Crippen LogP contribution in [0.4, 0.5) is 27.6 Å². The van der Waals surface area contributed by atoms with Gasteiger partial charge in [-0.1, -0.05) is 47.6 Å². The third kappa shape index (κ3) is 6.26. The average molecular weight is 621 g/mol. The first-order chi connectivity index (χ1) is 20.8. The molecule has 3 atom stereocenters. The number of amides is 2. The summed E-state index contributed by atoms with van der Waals surface area (Å²) < 4.78 is 79.7. The molecule has 10 nitrogen and oxygen atoms in total. The van der Waals surface area contributed by atoms with Crippen molar-refractivity contribution in [3.8, 4) is 5.75 Å². The van der Waals surface area contributed by atoms with Gasteiger partial charge in [-0.3, -0.25) is 19.3 Å². The van der Waals surface area contributed by atoms with E-state index in [0.717, 1.165) is 11.2 Å². The number of rotatable bonds is 8. The Hall–Kier alpha value is -4.82. The minimum absolute atomic E-state index is 0.0221. The first-order valence-electron chi connectivity index (χ1n) is 13.3. The second-order valence-corrected chi connectivity index (χ2v) is 10.4. The molecule has 0 radical (unpaired) electrons. The van der Waals surface area contributed by atoms with Gasteiger partial charge in [-0.25, -0.2) is 13.8 Å². The first-order valence-corrected chi connectivity index (χ1v) is 13.3. The standard InChI is InChI=1S/C29H25F5N4O6/c1-15-19(12-44-37-15)21(27(41)42)17(10-11-29(32,33)34)25(39)36-24-26(40)38-13-28(30,31)14-43-20-9-5-8-18(23(20)38)22(35-24)16-6-3-2-4-7-16/h2-9,12,17,21,24H,10-11,13-14H2,1H3,(H,36,39)(H,41,42)/t17-,21-,24-/m1/s1. The Labute approximate surface area is 246 Å². The lowest BCUT2D eigenvalue weighted by atomic mass is 9.82. The van der Waals surface area contributed by atoms with Gasteiger partial charge in [-0.15, -0.1) is 0 Å². The van der Waals surface area contributed by atoms with Crippen molar-refractivity contribution in [1.82, 2.24) is 10.5 Å². The number of carboxylic acids is 1. The van der Waals surface area contributed by atoms with Gasteiger partial charge >= 0.3 is 12.1 Å². The number of nitrogens with zero attached hydrogens (tertiary/aromatic N) is 3. The molecule has 0 spiro atoms. The van der Waals surface area contributed by atoms with E-state index >= 15 is 0 Å². The molecule has 0 aliphatic carbocycles. The maximum Gasteiger partial charge on any atom is 0.389 e. The smallest absolute Gasteiger partial charge is 0.389 e. The summed E-state index contributed by atoms with van der Waals surface area (Å²) >= 11 is 0. The van der Waals surface area contributed by atoms with Crippen LogP contribution in [-0.2, 0) is 14.4 Å². The summed E-state index contributed by atoms with van der Waals surface area (Å²) in [5.74, 6) is -11.3. The van der Waals surface area contributed by atoms with Gasteiger partial charge in [0.15, 0.2) is 6.61 Å². The van der Waals surface area contributed by atoms with Crippen molar-refractivity contribution >= 4 is 29.2 Å². The van der Waals surface area contributed by atoms with Crippen molar-refractivity contribution in [3.05, 3.63) is 77.2 Å². The number of nitrogens with one attached hydrogen (secondary N) is 1. The number of hydrogen-bond donors (Lipinski definition) is 2. The molecule has 5 rings (SSSR count). The molecule has 0 saturated heterocycles. The summed E-state index contributed by atoms with van der Waals surface area (Å²) in [6, 6.07) is 12.7. The number of alkyl halides is 5. The Morgan fingerprint density at radius 2 is 1.89 bits per heavy atom. The van der Waals surface area contributed by atoms with Gasteiger partial charge in [-0.05, 0) is 19.4 Å². The molecule has 44 heavy (non-hydrogen) atoms. The van der Waals surface area contributed by atoms with Crippen molar-refractivity contribution in [2.24, 2.45) is 10.9 Å². The van der Waals surface area contributed by atoms with Crippen LogP contribution in [0, 0.1) is 12.8 Å². The fourth-order valence-electron chi connectivity index (χ4n) is 5.29. The highest BCUT2D eigenvalue weighted by molar-refractivity contribution is 6.21. The Morgan fingerprint density at radius 3 is 2.52 bits per heavy atom. The Balaban J connectivity index is 1.60. The van der Waals surface area contributed by atoms with E-state index < -0.39 is 73.9 Å². The van der Waals surface area contributed by atoms with Crippen LogP contribution in [0.5, 0.6) is 5.75 Å². The molecule has 2 aliphatic heterocycles. The number of aromatic nitrogens is 1. The number of carbonyl (C=O) groups excluding carboxylic acids is 2. The fourth-order valence-corrected chi connectivity index (χ4v) is 5.29. The highest BCUT2D eigenvalue weighted by Gasteiger charge is 2.46. The van der Waals surface area contributed by atoms with E-state index in [1.807, 2.05) is 0 Å². The molecule has 0 unspecified atom stereocenters. The number of anilines is 1. The van der Waals surface area contributed by atoms with E-state index in [2.05, 4.69) is 15.5 Å². The van der Waals surface area contributed by atoms with E-state index in [9.17, 15) is 41.4 Å². The summed E-state index contributed by atoms with van der Waals surface area (Å²) in [4.78, 5) is 45.1. The van der Waals surface area contributed by atoms with E-state index in [-0.39, 0.29) is 34.0 Å². The van der Waals surface area contributed by atoms with Gasteiger partial charge in [0.2, 0.25) is 12.1 Å². The topological polar surface area (TPSA) is 134 Å². The van der Waals surface area contributed by atoms with Crippen molar-refractivity contribution in [2.75, 3.05) is 18.1 Å². The van der Waals surface area contributed by atoms with Crippen LogP contribution in [0.1, 0.15) is 41.1 Å². The highest BCUT2D eigenvalue weighted by atomic mass is 19.4. The molecule has 232 valence electrons. The van der Waals surface area contributed by atoms with Crippen molar-refractivity contribution < 1.29 is 50.7 Å². The van der Waals surface area contributed by atoms with Gasteiger partial charge in [0.05, 0.1) is 35.5 Å². The van der Waals surface area contributed by atoms with Crippen LogP contribution < -0.4 is 15.0 Å². The van der Waals surface area contributed by atoms with E-state index in [1.165, 1.54) is 25.1 Å². The predicted molar refractivity (Wildman–Crippen MR) is 144 cm³/mol. The van der Waals surface area contributed by atoms with Crippen molar-refractivity contribution in [1.29, 1.82) is 0 Å². The largest absolute Gasteiger partial charge is 0.485 e. The van der Waals surface area contributed by atoms with Crippen molar-refractivity contribution in [3.63, 3.8) is 0 Å². The highest BCUT2D eigenvalue weighted by Crippen LogP contribution is 2.41. The van der Waals surface area contributed by atoms with E-state index in [4.69, 9.17) is 9.26 Å². The molecule has 15 heteroatoms. The second-order valence-electron chi connectivity index (χ2n) is 10.4. The molecule has 0 saturated carbocycles. The third-order valence-electron chi connectivity index (χ3n) is 7.30. The van der Waals surface area contributed by atoms with Gasteiger partial charge in [-0.2, -0.15) is 13.2 Å². The van der Waals surface area contributed by atoms with Crippen LogP contribution in [0.2, 0.25) is 0 Å². The van der Waals surface area contributed by atoms with E-state index in [1.54, 1.807) is 30.3 Å². The molecule has 2 N–H and O–H groups in total. The zero-order valence-electron chi connectivity index (χ0n) is 23.0. The lowest BCUT2D eigenvalue weighted by Gasteiger charge is -2.28. The molecule has 2 aliphatic rings. The number of halogens is 5. The summed E-state index contributed by atoms with van der Waals surface area (Å²) in [6.45, 7) is -0.829. The molecule has 0 bridgehead atoms. The van der Waals surface area contributed by atoms with Gasteiger partial charge < -0.3 is 19.7 Å². The predicted octanol–water partition coefficient (Wildman–Crippen LogP) is 4.46. The zero-order chi connectivity index (χ0) is 31.8. The molecule has 3 aromatic rings. The average Bonchev–Trinajstić information content (AvgIpc) is 3.27. The lowest BCUT2D eigenvalue weighted by molar-refractivity contribution is -0.150. The van der Waals surface area contributed by atoms with Gasteiger partial charge in [0, 0.05) is 23.1 Å². The fraction of sp³-hybridized carbons (Fsp3) is 0.345. The second kappa shape index (κ2) is 11.7. The first kappa shape index (κ1) is 30.6. The molecular weight excluding hydrogens is 595 g/mol. The third-order valence-corrected chi connectivity index (χ3v) is 7.30. The van der Waals surface area contributed by atoms with Gasteiger partial charge in [0.25, 0.3) is 11.8 Å². The summed E-state index contributed by atoms with van der Waals surface area (Å²) in [6.07, 6.45) is -8.26. The number of para-hydroxylation sites is 1. The Morgan fingerprint density at radius 1 is 1.16 bits per heavy atom. The summed E-state index contributed by atoms with van der Waals surface area (Å²) in [5.41, 5.74) is 0.644. The number of hydrogen-bond acceptors (Lipinski definition) is 7. The minimum atomic E-state index is -4.75. The number of carbonyl (C=O) groups is 3. The SMILES string of the molecule is Cc1nocc1[C@H](C(=O)O)[C@@H](CCC(F)(F)F)C(=O)N[C@H]1N=C(c2ccccc2)c2cccc3c2N(CC(F)(F)CO3)C1=O. The summed E-state index contributed by atoms with van der Waals surface area (Å²) in [7, 11) is 0. The Bertz CT molecular complexity index is 1610. The summed E-state index contributed by atoms with van der Waals surface area (Å²) in [5, 5.41) is 15.9. The normalized spacial score (nSPS) is 19.0. The van der Waals surface area contributed by atoms with E-state index in [0.29, 0.717) is 5.56 Å². The van der Waals surface area contributed by atoms with Crippen LogP contribution in [0.3, 0.4) is 0 Å². The molecule has 2 amide bonds. The monoisotopic (exact) mass is 620 g/mol. The number of aliphatic imine (C=N–C) groups is 1. The lowest BCUT2D eigenvalue weighted by Crippen LogP contribution is -2.52. The molecule has 1 aromatic heterocycles. The van der Waals surface area contributed by atoms with Crippen LogP contribution in [0.25, 0.3) is 0 Å². The quantitative estimate of drug-likeness (QED) is 0.355. The Kier molecular flexibility index (Phi) is 8.14. The number of ether oxygens (including phenoxy) is 1. The molecule has 2 aromatic carbocycles. The van der Waals surface area contributed by atoms with Gasteiger partial charge in [0.1, 0.15) is 12.0 Å². The maximum absolute atomic E-state index is 14.8. The number of aryl methyl sites for hydroxylation is 1. The molecule has 3 heterocycles. The molecule has 0 fully saturated rings. The number of aliphatic carboxylic acids is 1. The van der Waals surface area contributed by atoms with Crippen LogP contribution in [-0.4, -0.2) is 65.2 Å². The molecular formula is C29H25F5N4O6. The minimum Gasteiger partial charge on any atom is -0.485 e. The number of benzene rings is 2. The maximum atomic E-state index is 14.8. The zero-order valence-corrected chi connectivity index (χ0v) is 23.0.